The normalized spacial score (nSPS) is 13.0. The summed E-state index contributed by atoms with van der Waals surface area (Å²) in [6, 6.07) is 3.42. The van der Waals surface area contributed by atoms with Crippen LogP contribution < -0.4 is 26.9 Å². The SMILES string of the molecule is C[NH2+][C@@H](Cc1cc(C)c(OC)c(O[Si](C)(C)C(C)(C)C)c1)C(=O)O.[Cl-]. The van der Waals surface area contributed by atoms with E-state index < -0.39 is 20.3 Å². The second-order valence-electron chi connectivity index (χ2n) is 7.79. The molecule has 0 bridgehead atoms. The highest BCUT2D eigenvalue weighted by Gasteiger charge is 2.39. The van der Waals surface area contributed by atoms with Gasteiger partial charge in [-0.05, 0) is 42.2 Å². The Hall–Kier alpha value is -1.24. The van der Waals surface area contributed by atoms with Gasteiger partial charge in [-0.15, -0.1) is 0 Å². The van der Waals surface area contributed by atoms with Gasteiger partial charge in [-0.2, -0.15) is 0 Å². The maximum atomic E-state index is 11.3. The number of ether oxygens (including phenoxy) is 1. The summed E-state index contributed by atoms with van der Waals surface area (Å²) >= 11 is 0. The summed E-state index contributed by atoms with van der Waals surface area (Å²) in [6.07, 6.45) is 0.449. The largest absolute Gasteiger partial charge is 1.00 e. The summed E-state index contributed by atoms with van der Waals surface area (Å²) in [5.74, 6) is 0.646. The molecule has 0 spiro atoms. The number of hydrogen-bond acceptors (Lipinski definition) is 3. The lowest BCUT2D eigenvalue weighted by Gasteiger charge is -2.37. The van der Waals surface area contributed by atoms with E-state index in [0.717, 1.165) is 22.6 Å². The molecule has 1 atom stereocenters. The predicted octanol–water partition coefficient (Wildman–Crippen LogP) is -0.419. The number of aryl methyl sites for hydroxylation is 1. The number of nitrogens with two attached hydrogens (primary N) is 1. The van der Waals surface area contributed by atoms with Crippen LogP contribution >= 0.6 is 0 Å². The quantitative estimate of drug-likeness (QED) is 0.621. The molecule has 0 aliphatic heterocycles. The van der Waals surface area contributed by atoms with E-state index in [0.29, 0.717) is 6.42 Å². The van der Waals surface area contributed by atoms with E-state index in [1.165, 1.54) is 0 Å². The van der Waals surface area contributed by atoms with E-state index in [2.05, 4.69) is 33.9 Å². The number of rotatable bonds is 7. The summed E-state index contributed by atoms with van der Waals surface area (Å²) < 4.78 is 12.0. The van der Waals surface area contributed by atoms with Crippen LogP contribution in [0.3, 0.4) is 0 Å². The minimum Gasteiger partial charge on any atom is -1.00 e. The maximum absolute atomic E-state index is 11.3. The Morgan fingerprint density at radius 2 is 1.88 bits per heavy atom. The van der Waals surface area contributed by atoms with Crippen molar-refractivity contribution in [3.8, 4) is 11.5 Å². The Balaban J connectivity index is 0.00000576. The van der Waals surface area contributed by atoms with Crippen molar-refractivity contribution in [1.82, 2.24) is 0 Å². The van der Waals surface area contributed by atoms with E-state index in [4.69, 9.17) is 9.16 Å². The molecule has 0 aliphatic rings. The number of methoxy groups -OCH3 is 1. The third kappa shape index (κ3) is 5.90. The minimum absolute atomic E-state index is 0. The zero-order valence-corrected chi connectivity index (χ0v) is 18.3. The van der Waals surface area contributed by atoms with Crippen LogP contribution in [0.15, 0.2) is 12.1 Å². The topological polar surface area (TPSA) is 72.4 Å². The highest BCUT2D eigenvalue weighted by molar-refractivity contribution is 6.74. The molecule has 0 amide bonds. The van der Waals surface area contributed by atoms with E-state index in [1.807, 2.05) is 19.1 Å². The lowest BCUT2D eigenvalue weighted by atomic mass is 10.0. The lowest BCUT2D eigenvalue weighted by molar-refractivity contribution is -0.651. The first-order valence-corrected chi connectivity index (χ1v) is 11.2. The average Bonchev–Trinajstić information content (AvgIpc) is 2.42. The van der Waals surface area contributed by atoms with Crippen LogP contribution in [0.4, 0.5) is 0 Å². The summed E-state index contributed by atoms with van der Waals surface area (Å²) in [5.41, 5.74) is 1.91. The third-order valence-electron chi connectivity index (χ3n) is 4.85. The van der Waals surface area contributed by atoms with Crippen molar-refractivity contribution in [1.29, 1.82) is 0 Å². The summed E-state index contributed by atoms with van der Waals surface area (Å²) in [7, 11) is 1.41. The fraction of sp³-hybridized carbons (Fsp3) is 0.611. The number of benzene rings is 1. The molecule has 144 valence electrons. The minimum atomic E-state index is -2.01. The molecule has 25 heavy (non-hydrogen) atoms. The first kappa shape index (κ1) is 23.8. The van der Waals surface area contributed by atoms with Gasteiger partial charge in [-0.3, -0.25) is 0 Å². The van der Waals surface area contributed by atoms with Gasteiger partial charge in [-0.1, -0.05) is 26.8 Å². The van der Waals surface area contributed by atoms with Gasteiger partial charge in [0.1, 0.15) is 5.75 Å². The number of halogens is 1. The number of carboxylic acids is 1. The molecule has 3 N–H and O–H groups in total. The Kier molecular flexibility index (Phi) is 8.47. The number of hydrogen-bond donors (Lipinski definition) is 2. The van der Waals surface area contributed by atoms with Crippen LogP contribution in [0.25, 0.3) is 0 Å². The molecule has 0 saturated carbocycles. The van der Waals surface area contributed by atoms with Gasteiger partial charge in [0, 0.05) is 6.42 Å². The van der Waals surface area contributed by atoms with Crippen molar-refractivity contribution in [2.75, 3.05) is 14.2 Å². The van der Waals surface area contributed by atoms with E-state index in [1.54, 1.807) is 19.5 Å². The number of carboxylic acid groups (broad SMARTS) is 1. The highest BCUT2D eigenvalue weighted by Crippen LogP contribution is 2.41. The van der Waals surface area contributed by atoms with Crippen LogP contribution in [0.2, 0.25) is 18.1 Å². The number of likely N-dealkylation sites (N-methyl/N-ethyl adjacent to an activating group) is 1. The van der Waals surface area contributed by atoms with Crippen molar-refractivity contribution < 1.29 is 36.8 Å². The second-order valence-corrected chi connectivity index (χ2v) is 12.5. The smallest absolute Gasteiger partial charge is 0.362 e. The molecule has 0 fully saturated rings. The highest BCUT2D eigenvalue weighted by atomic mass is 35.5. The van der Waals surface area contributed by atoms with Crippen molar-refractivity contribution in [3.05, 3.63) is 23.3 Å². The molecule has 1 aromatic carbocycles. The van der Waals surface area contributed by atoms with Crippen molar-refractivity contribution >= 4 is 14.3 Å². The summed E-state index contributed by atoms with van der Waals surface area (Å²) in [4.78, 5) is 11.3. The monoisotopic (exact) mass is 389 g/mol. The molecular formula is C18H32ClNO4Si. The third-order valence-corrected chi connectivity index (χ3v) is 9.19. The van der Waals surface area contributed by atoms with Gasteiger partial charge in [0.15, 0.2) is 11.8 Å². The van der Waals surface area contributed by atoms with Gasteiger partial charge >= 0.3 is 5.97 Å². The van der Waals surface area contributed by atoms with Crippen LogP contribution in [0.1, 0.15) is 31.9 Å². The van der Waals surface area contributed by atoms with Gasteiger partial charge < -0.3 is 32.0 Å². The molecular weight excluding hydrogens is 358 g/mol. The molecule has 0 heterocycles. The van der Waals surface area contributed by atoms with Gasteiger partial charge in [0.25, 0.3) is 8.32 Å². The molecule has 1 aromatic rings. The van der Waals surface area contributed by atoms with Crippen LogP contribution in [-0.2, 0) is 11.2 Å². The predicted molar refractivity (Wildman–Crippen MR) is 98.5 cm³/mol. The van der Waals surface area contributed by atoms with E-state index >= 15 is 0 Å². The van der Waals surface area contributed by atoms with Crippen molar-refractivity contribution in [3.63, 3.8) is 0 Å². The van der Waals surface area contributed by atoms with Crippen LogP contribution in [0.5, 0.6) is 11.5 Å². The molecule has 0 aliphatic carbocycles. The maximum Gasteiger partial charge on any atom is 0.362 e. The number of quaternary nitrogens is 1. The lowest BCUT2D eigenvalue weighted by Crippen LogP contribution is -3.00. The van der Waals surface area contributed by atoms with Crippen molar-refractivity contribution in [2.24, 2.45) is 0 Å². The average molecular weight is 390 g/mol. The van der Waals surface area contributed by atoms with E-state index in [9.17, 15) is 9.90 Å². The van der Waals surface area contributed by atoms with Crippen LogP contribution in [-0.4, -0.2) is 39.6 Å². The standard InChI is InChI=1S/C18H31NO4Si.ClH/c1-12-9-13(10-14(19-5)17(20)21)11-15(16(12)22-6)23-24(7,8)18(2,3)4;/h9,11,14,19H,10H2,1-8H3,(H,20,21);1H/t14-;/m0./s1. The van der Waals surface area contributed by atoms with Gasteiger partial charge in [-0.25, -0.2) is 4.79 Å². The number of carbonyl (C=O) groups is 1. The molecule has 7 heteroatoms. The Bertz CT molecular complexity index is 599. The first-order chi connectivity index (χ1) is 10.9. The molecule has 0 saturated heterocycles. The summed E-state index contributed by atoms with van der Waals surface area (Å²) in [6.45, 7) is 12.9. The zero-order valence-electron chi connectivity index (χ0n) is 16.6. The molecule has 5 nitrogen and oxygen atoms in total. The zero-order chi connectivity index (χ0) is 18.7. The number of aliphatic carboxylic acids is 1. The van der Waals surface area contributed by atoms with Crippen LogP contribution in [0, 0.1) is 6.92 Å². The molecule has 0 aromatic heterocycles. The van der Waals surface area contributed by atoms with Crippen molar-refractivity contribution in [2.45, 2.75) is 58.3 Å². The Morgan fingerprint density at radius 3 is 2.28 bits per heavy atom. The Labute approximate surface area is 158 Å². The molecule has 0 unspecified atom stereocenters. The van der Waals surface area contributed by atoms with Gasteiger partial charge in [0.05, 0.1) is 14.2 Å². The second kappa shape index (κ2) is 8.92. The Morgan fingerprint density at radius 1 is 1.32 bits per heavy atom. The fourth-order valence-electron chi connectivity index (χ4n) is 2.30. The molecule has 0 radical (unpaired) electrons. The molecule has 1 rings (SSSR count). The van der Waals surface area contributed by atoms with E-state index in [-0.39, 0.29) is 17.4 Å². The fourth-order valence-corrected chi connectivity index (χ4v) is 3.31. The summed E-state index contributed by atoms with van der Waals surface area (Å²) in [5, 5.41) is 11.1. The first-order valence-electron chi connectivity index (χ1n) is 8.31. The van der Waals surface area contributed by atoms with Gasteiger partial charge in [0.2, 0.25) is 0 Å².